The summed E-state index contributed by atoms with van der Waals surface area (Å²) in [5, 5.41) is 13.2. The first kappa shape index (κ1) is 5.74. The van der Waals surface area contributed by atoms with E-state index in [0.717, 1.165) is 6.20 Å². The lowest BCUT2D eigenvalue weighted by atomic mass is 10.4. The monoisotopic (exact) mass is 128 g/mol. The third kappa shape index (κ3) is 0.883. The van der Waals surface area contributed by atoms with E-state index in [0.29, 0.717) is 0 Å². The van der Waals surface area contributed by atoms with Crippen LogP contribution in [0.3, 0.4) is 0 Å². The summed E-state index contributed by atoms with van der Waals surface area (Å²) in [4.78, 5) is 9.45. The first-order chi connectivity index (χ1) is 4.22. The second kappa shape index (κ2) is 1.85. The molecule has 0 atom stereocenters. The highest BCUT2D eigenvalue weighted by Gasteiger charge is 2.13. The summed E-state index contributed by atoms with van der Waals surface area (Å²) in [6.45, 7) is 1.49. The van der Waals surface area contributed by atoms with Crippen molar-refractivity contribution in [1.82, 2.24) is 5.16 Å². The highest BCUT2D eigenvalue weighted by molar-refractivity contribution is 5.27. The normalized spacial score (nSPS) is 9.44. The largest absolute Gasteiger partial charge is 0.354 e. The molecule has 1 aromatic heterocycles. The Morgan fingerprint density at radius 1 is 1.89 bits per heavy atom. The molecule has 5 nitrogen and oxygen atoms in total. The molecule has 0 radical (unpaired) electrons. The highest BCUT2D eigenvalue weighted by Crippen LogP contribution is 2.14. The molecule has 0 aliphatic carbocycles. The first-order valence-electron chi connectivity index (χ1n) is 2.27. The van der Waals surface area contributed by atoms with E-state index in [9.17, 15) is 10.1 Å². The summed E-state index contributed by atoms with van der Waals surface area (Å²) in [7, 11) is 0. The van der Waals surface area contributed by atoms with Crippen LogP contribution in [0.4, 0.5) is 5.69 Å². The Labute approximate surface area is 50.4 Å². The Morgan fingerprint density at radius 3 is 2.78 bits per heavy atom. The van der Waals surface area contributed by atoms with Crippen LogP contribution in [0.25, 0.3) is 0 Å². The fraction of sp³-hybridized carbons (Fsp3) is 0.250. The van der Waals surface area contributed by atoms with Crippen LogP contribution in [-0.4, -0.2) is 10.1 Å². The summed E-state index contributed by atoms with van der Waals surface area (Å²) >= 11 is 0. The van der Waals surface area contributed by atoms with Gasteiger partial charge in [0.05, 0.1) is 4.92 Å². The van der Waals surface area contributed by atoms with Crippen LogP contribution < -0.4 is 0 Å². The van der Waals surface area contributed by atoms with Gasteiger partial charge in [0.2, 0.25) is 5.76 Å². The summed E-state index contributed by atoms with van der Waals surface area (Å²) in [5.41, 5.74) is -0.0741. The predicted molar refractivity (Wildman–Crippen MR) is 27.9 cm³/mol. The van der Waals surface area contributed by atoms with Gasteiger partial charge in [0.1, 0.15) is 6.20 Å². The Kier molecular flexibility index (Phi) is 1.18. The molecule has 0 aromatic carbocycles. The molecule has 1 aromatic rings. The molecule has 0 saturated heterocycles. The third-order valence-corrected chi connectivity index (χ3v) is 0.922. The van der Waals surface area contributed by atoms with Crippen LogP contribution in [0.1, 0.15) is 5.76 Å². The van der Waals surface area contributed by atoms with Gasteiger partial charge in [-0.3, -0.25) is 10.1 Å². The quantitative estimate of drug-likeness (QED) is 0.416. The van der Waals surface area contributed by atoms with Crippen LogP contribution in [0.2, 0.25) is 0 Å². The smallest absolute Gasteiger partial charge is 0.331 e. The van der Waals surface area contributed by atoms with Crippen LogP contribution in [-0.2, 0) is 0 Å². The van der Waals surface area contributed by atoms with E-state index in [-0.39, 0.29) is 11.4 Å². The zero-order chi connectivity index (χ0) is 6.85. The van der Waals surface area contributed by atoms with Gasteiger partial charge < -0.3 is 4.52 Å². The summed E-state index contributed by atoms with van der Waals surface area (Å²) in [6, 6.07) is 0. The molecule has 0 saturated carbocycles. The summed E-state index contributed by atoms with van der Waals surface area (Å²) in [6.07, 6.45) is 1.08. The van der Waals surface area contributed by atoms with E-state index in [1.165, 1.54) is 6.92 Å². The maximum absolute atomic E-state index is 9.99. The lowest BCUT2D eigenvalue weighted by Crippen LogP contribution is -1.85. The van der Waals surface area contributed by atoms with Gasteiger partial charge in [0, 0.05) is 6.92 Å². The molecule has 0 unspecified atom stereocenters. The fourth-order valence-corrected chi connectivity index (χ4v) is 0.469. The van der Waals surface area contributed by atoms with Crippen molar-refractivity contribution in [3.63, 3.8) is 0 Å². The van der Waals surface area contributed by atoms with Crippen LogP contribution in [0, 0.1) is 17.0 Å². The van der Waals surface area contributed by atoms with Gasteiger partial charge in [-0.1, -0.05) is 5.16 Å². The van der Waals surface area contributed by atoms with Crippen LogP contribution >= 0.6 is 0 Å². The molecular weight excluding hydrogens is 124 g/mol. The predicted octanol–water partition coefficient (Wildman–Crippen LogP) is 0.891. The number of hydrogen-bond acceptors (Lipinski definition) is 4. The van der Waals surface area contributed by atoms with Gasteiger partial charge in [0.25, 0.3) is 0 Å². The van der Waals surface area contributed by atoms with Gasteiger partial charge in [0.15, 0.2) is 0 Å². The SMILES string of the molecule is Cc1oncc1[N+](=O)[O-]. The lowest BCUT2D eigenvalue weighted by molar-refractivity contribution is -0.385. The average Bonchev–Trinajstić information content (AvgIpc) is 2.13. The molecule has 48 valence electrons. The number of aryl methyl sites for hydroxylation is 1. The maximum Gasteiger partial charge on any atom is 0.331 e. The van der Waals surface area contributed by atoms with Crippen molar-refractivity contribution in [2.75, 3.05) is 0 Å². The van der Waals surface area contributed by atoms with E-state index >= 15 is 0 Å². The fourth-order valence-electron chi connectivity index (χ4n) is 0.469. The molecule has 1 rings (SSSR count). The van der Waals surface area contributed by atoms with E-state index < -0.39 is 4.92 Å². The molecule has 0 aliphatic heterocycles. The number of nitrogens with zero attached hydrogens (tertiary/aromatic N) is 2. The number of aromatic nitrogens is 1. The third-order valence-electron chi connectivity index (χ3n) is 0.922. The van der Waals surface area contributed by atoms with Crippen molar-refractivity contribution >= 4 is 5.69 Å². The Balaban J connectivity index is 3.08. The van der Waals surface area contributed by atoms with Crippen LogP contribution in [0.15, 0.2) is 10.7 Å². The maximum atomic E-state index is 9.99. The number of rotatable bonds is 1. The summed E-state index contributed by atoms with van der Waals surface area (Å²) in [5.74, 6) is 0.236. The zero-order valence-corrected chi connectivity index (χ0v) is 4.70. The first-order valence-corrected chi connectivity index (χ1v) is 2.27. The van der Waals surface area contributed by atoms with Crippen molar-refractivity contribution in [3.8, 4) is 0 Å². The lowest BCUT2D eigenvalue weighted by Gasteiger charge is -1.80. The second-order valence-corrected chi connectivity index (χ2v) is 1.52. The van der Waals surface area contributed by atoms with E-state index in [4.69, 9.17) is 0 Å². The Bertz CT molecular complexity index is 229. The van der Waals surface area contributed by atoms with E-state index in [1.807, 2.05) is 0 Å². The molecular formula is C4H4N2O3. The van der Waals surface area contributed by atoms with Gasteiger partial charge in [-0.05, 0) is 0 Å². The van der Waals surface area contributed by atoms with Crippen molar-refractivity contribution in [2.24, 2.45) is 0 Å². The van der Waals surface area contributed by atoms with Gasteiger partial charge in [-0.2, -0.15) is 0 Å². The minimum atomic E-state index is -0.536. The van der Waals surface area contributed by atoms with Crippen molar-refractivity contribution in [2.45, 2.75) is 6.92 Å². The molecule has 1 heterocycles. The van der Waals surface area contributed by atoms with Gasteiger partial charge >= 0.3 is 5.69 Å². The van der Waals surface area contributed by atoms with E-state index in [2.05, 4.69) is 9.68 Å². The minimum Gasteiger partial charge on any atom is -0.354 e. The Morgan fingerprint density at radius 2 is 2.56 bits per heavy atom. The van der Waals surface area contributed by atoms with Crippen LogP contribution in [0.5, 0.6) is 0 Å². The van der Waals surface area contributed by atoms with E-state index in [1.54, 1.807) is 0 Å². The number of hydrogen-bond donors (Lipinski definition) is 0. The van der Waals surface area contributed by atoms with Crippen molar-refractivity contribution in [3.05, 3.63) is 22.1 Å². The Hall–Kier alpha value is -1.39. The molecule has 9 heavy (non-hydrogen) atoms. The molecule has 0 N–H and O–H groups in total. The molecule has 0 amide bonds. The van der Waals surface area contributed by atoms with Crippen molar-refractivity contribution in [1.29, 1.82) is 0 Å². The molecule has 0 spiro atoms. The molecule has 0 fully saturated rings. The second-order valence-electron chi connectivity index (χ2n) is 1.52. The van der Waals surface area contributed by atoms with Gasteiger partial charge in [-0.25, -0.2) is 0 Å². The molecule has 5 heteroatoms. The number of nitro groups is 1. The van der Waals surface area contributed by atoms with Crippen molar-refractivity contribution < 1.29 is 9.45 Å². The molecule has 0 bridgehead atoms. The average molecular weight is 128 g/mol. The minimum absolute atomic E-state index is 0.0741. The van der Waals surface area contributed by atoms with Gasteiger partial charge in [-0.15, -0.1) is 0 Å². The standard InChI is InChI=1S/C4H4N2O3/c1-3-4(6(7)8)2-5-9-3/h2H,1H3. The highest BCUT2D eigenvalue weighted by atomic mass is 16.6. The topological polar surface area (TPSA) is 69.2 Å². The molecule has 0 aliphatic rings. The zero-order valence-electron chi connectivity index (χ0n) is 4.70. The summed E-state index contributed by atoms with van der Waals surface area (Å²) < 4.78 is 4.43.